The quantitative estimate of drug-likeness (QED) is 0.0808. The number of nitrogens with two attached hydrogens (primary N) is 1. The minimum atomic E-state index is -3.47. The van der Waals surface area contributed by atoms with Crippen LogP contribution < -0.4 is 15.2 Å². The van der Waals surface area contributed by atoms with Crippen molar-refractivity contribution in [2.45, 2.75) is 70.3 Å². The van der Waals surface area contributed by atoms with Gasteiger partial charge in [0.15, 0.2) is 4.47 Å². The summed E-state index contributed by atoms with van der Waals surface area (Å²) in [5.41, 5.74) is 6.77. The minimum absolute atomic E-state index is 0.220. The molecule has 15 nitrogen and oxygen atoms in total. The number of sulfonamides is 2. The topological polar surface area (TPSA) is 236 Å². The summed E-state index contributed by atoms with van der Waals surface area (Å²) in [7, 11) is -4.10. The van der Waals surface area contributed by atoms with Crippen LogP contribution in [0.25, 0.3) is 20.4 Å². The van der Waals surface area contributed by atoms with Gasteiger partial charge in [0.25, 0.3) is 0 Å². The molecule has 0 aliphatic carbocycles. The molecule has 0 saturated heterocycles. The maximum atomic E-state index is 11.9. The molecule has 308 valence electrons. The monoisotopic (exact) mass is 913 g/mol. The summed E-state index contributed by atoms with van der Waals surface area (Å²) < 4.78 is 53.4. The Bertz CT molecular complexity index is 2400. The third-order valence-electron chi connectivity index (χ3n) is 8.10. The van der Waals surface area contributed by atoms with Crippen LogP contribution in [0.5, 0.6) is 0 Å². The number of fused-ring (bicyclic) bond motifs is 2. The zero-order valence-corrected chi connectivity index (χ0v) is 37.1. The Morgan fingerprint density at radius 3 is 1.60 bits per heavy atom. The molecule has 0 aliphatic rings. The van der Waals surface area contributed by atoms with Crippen LogP contribution in [0.15, 0.2) is 80.8 Å². The molecule has 0 bridgehead atoms. The number of benzene rings is 2. The molecule has 57 heavy (non-hydrogen) atoms. The number of thioether (sulfide) groups is 2. The SMILES string of the molecule is CNS(=O)(=O)c1ccc2nc(CC[C@@H](O)CCc3ncc(SC)cn3)sc2c1.CNS(=O)(=O)c1ccc2nc(Cl)sc2c1.CSc1cnc(CC[C@H](O)CN)nc1. The highest BCUT2D eigenvalue weighted by atomic mass is 35.5. The minimum Gasteiger partial charge on any atom is -0.393 e. The van der Waals surface area contributed by atoms with Gasteiger partial charge >= 0.3 is 0 Å². The molecule has 6 aromatic rings. The van der Waals surface area contributed by atoms with Crippen LogP contribution in [0, 0.1) is 0 Å². The summed E-state index contributed by atoms with van der Waals surface area (Å²) in [5, 5.41) is 20.4. The van der Waals surface area contributed by atoms with Gasteiger partial charge in [0, 0.05) is 60.4 Å². The Morgan fingerprint density at radius 1 is 0.702 bits per heavy atom. The molecule has 6 rings (SSSR count). The summed E-state index contributed by atoms with van der Waals surface area (Å²) in [4.78, 5) is 28.0. The number of rotatable bonds is 16. The largest absolute Gasteiger partial charge is 0.393 e. The smallest absolute Gasteiger partial charge is 0.240 e. The molecule has 0 spiro atoms. The van der Waals surface area contributed by atoms with Gasteiger partial charge in [0.1, 0.15) is 11.6 Å². The Balaban J connectivity index is 0.000000209. The fourth-order valence-electron chi connectivity index (χ4n) is 4.81. The lowest BCUT2D eigenvalue weighted by atomic mass is 10.1. The highest BCUT2D eigenvalue weighted by Gasteiger charge is 2.15. The summed E-state index contributed by atoms with van der Waals surface area (Å²) >= 11 is 11.6. The number of halogens is 1. The van der Waals surface area contributed by atoms with E-state index in [1.165, 1.54) is 42.8 Å². The molecule has 4 aromatic heterocycles. The number of aromatic nitrogens is 6. The van der Waals surface area contributed by atoms with Crippen molar-refractivity contribution in [3.05, 3.63) is 82.3 Å². The van der Waals surface area contributed by atoms with Crippen LogP contribution in [-0.4, -0.2) is 102 Å². The van der Waals surface area contributed by atoms with Gasteiger partial charge in [0.05, 0.1) is 47.4 Å². The molecule has 22 heteroatoms. The second-order valence-corrected chi connectivity index (χ2v) is 20.2. The number of aryl methyl sites for hydroxylation is 3. The molecule has 6 N–H and O–H groups in total. The van der Waals surface area contributed by atoms with Crippen molar-refractivity contribution < 1.29 is 27.0 Å². The van der Waals surface area contributed by atoms with Crippen molar-refractivity contribution in [3.63, 3.8) is 0 Å². The summed E-state index contributed by atoms with van der Waals surface area (Å²) in [5.74, 6) is 1.49. The van der Waals surface area contributed by atoms with E-state index >= 15 is 0 Å². The van der Waals surface area contributed by atoms with E-state index in [9.17, 15) is 27.0 Å². The van der Waals surface area contributed by atoms with Gasteiger partial charge in [0.2, 0.25) is 20.0 Å². The second kappa shape index (κ2) is 22.4. The van der Waals surface area contributed by atoms with Crippen molar-refractivity contribution >= 4 is 98.3 Å². The fraction of sp³-hybridized carbons (Fsp3) is 0.371. The molecule has 0 amide bonds. The zero-order valence-electron chi connectivity index (χ0n) is 31.5. The van der Waals surface area contributed by atoms with E-state index in [1.54, 1.807) is 78.6 Å². The van der Waals surface area contributed by atoms with Crippen LogP contribution >= 0.6 is 57.8 Å². The van der Waals surface area contributed by atoms with Gasteiger partial charge in [-0.25, -0.2) is 56.2 Å². The van der Waals surface area contributed by atoms with E-state index in [4.69, 9.17) is 17.3 Å². The van der Waals surface area contributed by atoms with Crippen LogP contribution in [0.2, 0.25) is 4.47 Å². The van der Waals surface area contributed by atoms with Crippen molar-refractivity contribution in [2.75, 3.05) is 33.2 Å². The average molecular weight is 915 g/mol. The summed E-state index contributed by atoms with van der Waals surface area (Å²) in [6.45, 7) is 0.295. The molecule has 0 radical (unpaired) electrons. The molecular weight excluding hydrogens is 870 g/mol. The number of thiazole rings is 2. The number of aliphatic hydroxyl groups excluding tert-OH is 2. The number of nitrogens with one attached hydrogen (secondary N) is 2. The molecule has 0 aliphatic heterocycles. The molecule has 0 saturated carbocycles. The van der Waals surface area contributed by atoms with Crippen molar-refractivity contribution in [1.29, 1.82) is 0 Å². The Labute approximate surface area is 353 Å². The molecule has 0 fully saturated rings. The first-order valence-corrected chi connectivity index (χ1v) is 24.7. The number of hydrogen-bond acceptors (Lipinski definition) is 17. The van der Waals surface area contributed by atoms with Crippen molar-refractivity contribution in [1.82, 2.24) is 39.3 Å². The van der Waals surface area contributed by atoms with Crippen molar-refractivity contribution in [2.24, 2.45) is 5.73 Å². The highest BCUT2D eigenvalue weighted by molar-refractivity contribution is 7.98. The lowest BCUT2D eigenvalue weighted by Gasteiger charge is -2.08. The van der Waals surface area contributed by atoms with Gasteiger partial charge in [-0.3, -0.25) is 0 Å². The first kappa shape index (κ1) is 46.8. The van der Waals surface area contributed by atoms with Gasteiger partial charge in [-0.05, 0) is 82.3 Å². The number of nitrogens with zero attached hydrogens (tertiary/aromatic N) is 6. The molecule has 2 atom stereocenters. The van der Waals surface area contributed by atoms with Gasteiger partial charge < -0.3 is 15.9 Å². The van der Waals surface area contributed by atoms with Crippen LogP contribution in [0.4, 0.5) is 0 Å². The maximum Gasteiger partial charge on any atom is 0.240 e. The predicted molar refractivity (Wildman–Crippen MR) is 230 cm³/mol. The molecular formula is C35H44ClN9O6S6. The second-order valence-electron chi connectivity index (χ2n) is 12.0. The Hall–Kier alpha value is -2.93. The predicted octanol–water partition coefficient (Wildman–Crippen LogP) is 4.95. The van der Waals surface area contributed by atoms with E-state index in [-0.39, 0.29) is 9.79 Å². The summed E-state index contributed by atoms with van der Waals surface area (Å²) in [6, 6.07) is 9.60. The number of aliphatic hydroxyl groups is 2. The van der Waals surface area contributed by atoms with E-state index in [1.807, 2.05) is 12.5 Å². The molecule has 2 aromatic carbocycles. The van der Waals surface area contributed by atoms with Crippen molar-refractivity contribution in [3.8, 4) is 0 Å². The summed E-state index contributed by atoms with van der Waals surface area (Å²) in [6.07, 6.45) is 14.0. The van der Waals surface area contributed by atoms with Crippen LogP contribution in [0.1, 0.15) is 35.9 Å². The number of hydrogen-bond donors (Lipinski definition) is 5. The molecule has 0 unspecified atom stereocenters. The van der Waals surface area contributed by atoms with Crippen LogP contribution in [0.3, 0.4) is 0 Å². The van der Waals surface area contributed by atoms with E-state index < -0.39 is 32.3 Å². The van der Waals surface area contributed by atoms with E-state index in [0.717, 1.165) is 41.4 Å². The van der Waals surface area contributed by atoms with E-state index in [2.05, 4.69) is 39.3 Å². The standard InChI is InChI=1S/C18H22N4O3S3.C9H15N3OS.C8H7ClN2O2S2/c1-19-28(24,25)14-5-6-15-16(9-14)27-18(22-15)8-4-12(23)3-7-17-20-10-13(26-2)11-21-17;1-14-8-5-11-9(12-6-8)3-2-7(13)4-10;1-10-15(12,13)5-2-3-6-7(4-5)14-8(9)11-6/h5-6,9-12,19,23H,3-4,7-8H2,1-2H3;5-7,13H,2-4,10H2,1H3;2-4,10H,1H3/t12-;7-;/m00./s1. The molecule has 4 heterocycles. The average Bonchev–Trinajstić information content (AvgIpc) is 3.83. The lowest BCUT2D eigenvalue weighted by Crippen LogP contribution is -2.20. The first-order valence-electron chi connectivity index (χ1n) is 17.3. The van der Waals surface area contributed by atoms with Gasteiger partial charge in [-0.15, -0.1) is 46.2 Å². The Kier molecular flexibility index (Phi) is 18.4. The fourth-order valence-corrected chi connectivity index (χ4v) is 9.19. The van der Waals surface area contributed by atoms with E-state index in [0.29, 0.717) is 55.1 Å². The highest BCUT2D eigenvalue weighted by Crippen LogP contribution is 2.28. The maximum absolute atomic E-state index is 11.9. The van der Waals surface area contributed by atoms with Gasteiger partial charge in [-0.2, -0.15) is 0 Å². The first-order chi connectivity index (χ1) is 27.2. The lowest BCUT2D eigenvalue weighted by molar-refractivity contribution is 0.154. The normalized spacial score (nSPS) is 12.8. The zero-order chi connectivity index (χ0) is 41.6. The third-order valence-corrected chi connectivity index (χ3v) is 14.5. The Morgan fingerprint density at radius 2 is 1.14 bits per heavy atom. The van der Waals surface area contributed by atoms with Gasteiger partial charge in [-0.1, -0.05) is 11.6 Å². The van der Waals surface area contributed by atoms with Crippen LogP contribution in [-0.2, 0) is 39.3 Å². The third kappa shape index (κ3) is 14.4.